The summed E-state index contributed by atoms with van der Waals surface area (Å²) in [5.41, 5.74) is 8.53. The molecule has 2 aliphatic rings. The number of nitrogen functional groups attached to an aromatic ring is 1. The topological polar surface area (TPSA) is 153 Å². The smallest absolute Gasteiger partial charge is 0.255 e. The molecule has 250 valence electrons. The fraction of sp³-hybridized carbons (Fsp3) is 0.333. The lowest BCUT2D eigenvalue weighted by Crippen LogP contribution is -2.56. The molecule has 4 aromatic heterocycles. The lowest BCUT2D eigenvalue weighted by molar-refractivity contribution is -0.138. The zero-order chi connectivity index (χ0) is 33.5. The number of benzene rings is 2. The zero-order valence-corrected chi connectivity index (χ0v) is 27.3. The molecule has 13 heteroatoms. The van der Waals surface area contributed by atoms with E-state index in [1.165, 1.54) is 23.8 Å². The van der Waals surface area contributed by atoms with E-state index in [1.54, 1.807) is 29.3 Å². The van der Waals surface area contributed by atoms with E-state index < -0.39 is 5.54 Å². The summed E-state index contributed by atoms with van der Waals surface area (Å²) in [5, 5.41) is 13.0. The fourth-order valence-electron chi connectivity index (χ4n) is 7.16. The van der Waals surface area contributed by atoms with Gasteiger partial charge >= 0.3 is 0 Å². The number of hydrogen-bond donors (Lipinski definition) is 2. The number of aromatic nitrogens is 6. The van der Waals surface area contributed by atoms with Crippen LogP contribution in [-0.2, 0) is 10.3 Å². The second-order valence-electron chi connectivity index (χ2n) is 13.0. The fourth-order valence-corrected chi connectivity index (χ4v) is 7.16. The molecule has 0 bridgehead atoms. The van der Waals surface area contributed by atoms with E-state index in [1.807, 2.05) is 66.4 Å². The molecule has 1 saturated heterocycles. The Morgan fingerprint density at radius 3 is 2.37 bits per heavy atom. The van der Waals surface area contributed by atoms with Gasteiger partial charge in [0, 0.05) is 43.5 Å². The predicted molar refractivity (Wildman–Crippen MR) is 185 cm³/mol. The van der Waals surface area contributed by atoms with Gasteiger partial charge in [-0.2, -0.15) is 14.6 Å². The first-order valence-corrected chi connectivity index (χ1v) is 16.9. The molecule has 2 amide bonds. The van der Waals surface area contributed by atoms with Gasteiger partial charge in [-0.3, -0.25) is 9.59 Å². The van der Waals surface area contributed by atoms with Crippen LogP contribution in [0.25, 0.3) is 28.3 Å². The first kappa shape index (κ1) is 30.6. The number of nitrogens with one attached hydrogen (secondary N) is 1. The van der Waals surface area contributed by atoms with Crippen LogP contribution in [0.1, 0.15) is 54.9 Å². The maximum Gasteiger partial charge on any atom is 0.255 e. The highest BCUT2D eigenvalue weighted by Crippen LogP contribution is 2.33. The van der Waals surface area contributed by atoms with Crippen LogP contribution in [-0.4, -0.2) is 78.3 Å². The maximum atomic E-state index is 14.7. The van der Waals surface area contributed by atoms with Gasteiger partial charge in [-0.15, -0.1) is 5.10 Å². The first-order chi connectivity index (χ1) is 23.9. The number of fused-ring (bicyclic) bond motifs is 3. The van der Waals surface area contributed by atoms with Gasteiger partial charge in [0.2, 0.25) is 11.8 Å². The van der Waals surface area contributed by atoms with Crippen molar-refractivity contribution >= 4 is 40.1 Å². The standard InChI is InChI=1S/C36H38N10O3/c1-36(25-9-4-2-5-10-25,46-32-28(23-38-46)31-40-30(29-13-8-22-49-29)42-45(31)35(37)41-32)34(48)44-20-18-43(19-21-44)27-16-14-24(15-17-27)33(47)39-26-11-6-3-7-12-26/h2,4-5,8-10,13-17,22-23,26H,3,6-7,11-12,18-21H2,1H3,(H2,37,41)(H,39,47). The summed E-state index contributed by atoms with van der Waals surface area (Å²) in [6.07, 6.45) is 8.92. The summed E-state index contributed by atoms with van der Waals surface area (Å²) >= 11 is 0. The highest BCUT2D eigenvalue weighted by molar-refractivity contribution is 5.95. The summed E-state index contributed by atoms with van der Waals surface area (Å²) in [7, 11) is 0. The molecule has 1 aliphatic carbocycles. The van der Waals surface area contributed by atoms with Gasteiger partial charge in [0.1, 0.15) is 0 Å². The van der Waals surface area contributed by atoms with Gasteiger partial charge in [-0.1, -0.05) is 49.6 Å². The second kappa shape index (κ2) is 12.4. The molecule has 0 radical (unpaired) electrons. The highest BCUT2D eigenvalue weighted by atomic mass is 16.3. The summed E-state index contributed by atoms with van der Waals surface area (Å²) in [6, 6.07) is 21.2. The summed E-state index contributed by atoms with van der Waals surface area (Å²) in [5.74, 6) is 0.873. The number of hydrogen-bond acceptors (Lipinski definition) is 9. The average Bonchev–Trinajstić information content (AvgIpc) is 3.93. The molecule has 13 nitrogen and oxygen atoms in total. The molecule has 2 fully saturated rings. The van der Waals surface area contributed by atoms with Crippen molar-refractivity contribution < 1.29 is 14.0 Å². The number of nitrogens with two attached hydrogens (primary N) is 1. The van der Waals surface area contributed by atoms with Crippen molar-refractivity contribution in [1.82, 2.24) is 39.6 Å². The molecule has 1 aliphatic heterocycles. The van der Waals surface area contributed by atoms with Crippen LogP contribution in [0.15, 0.2) is 83.6 Å². The third-order valence-electron chi connectivity index (χ3n) is 9.95. The van der Waals surface area contributed by atoms with E-state index in [9.17, 15) is 9.59 Å². The third kappa shape index (κ3) is 5.44. The maximum absolute atomic E-state index is 14.7. The molecule has 5 heterocycles. The van der Waals surface area contributed by atoms with Gasteiger partial charge in [-0.05, 0) is 61.7 Å². The molecule has 3 N–H and O–H groups in total. The molecular weight excluding hydrogens is 620 g/mol. The van der Waals surface area contributed by atoms with E-state index >= 15 is 0 Å². The van der Waals surface area contributed by atoms with Crippen LogP contribution in [0.5, 0.6) is 0 Å². The van der Waals surface area contributed by atoms with E-state index in [2.05, 4.69) is 25.3 Å². The molecular formula is C36H38N10O3. The number of piperazine rings is 1. The largest absolute Gasteiger partial charge is 0.461 e. The Kier molecular flexibility index (Phi) is 7.73. The van der Waals surface area contributed by atoms with Crippen LogP contribution >= 0.6 is 0 Å². The van der Waals surface area contributed by atoms with Crippen molar-refractivity contribution in [3.8, 4) is 11.6 Å². The molecule has 8 rings (SSSR count). The minimum Gasteiger partial charge on any atom is -0.461 e. The van der Waals surface area contributed by atoms with Crippen LogP contribution in [0.3, 0.4) is 0 Å². The molecule has 1 unspecified atom stereocenters. The Labute approximate surface area is 282 Å². The van der Waals surface area contributed by atoms with Crippen LogP contribution in [0.4, 0.5) is 11.6 Å². The Morgan fingerprint density at radius 1 is 0.898 bits per heavy atom. The van der Waals surface area contributed by atoms with Gasteiger partial charge < -0.3 is 25.3 Å². The highest BCUT2D eigenvalue weighted by Gasteiger charge is 2.43. The monoisotopic (exact) mass is 658 g/mol. The van der Waals surface area contributed by atoms with Crippen molar-refractivity contribution in [2.75, 3.05) is 36.8 Å². The van der Waals surface area contributed by atoms with E-state index in [0.29, 0.717) is 60.0 Å². The zero-order valence-electron chi connectivity index (χ0n) is 27.3. The van der Waals surface area contributed by atoms with Crippen molar-refractivity contribution in [2.45, 2.75) is 50.6 Å². The second-order valence-corrected chi connectivity index (χ2v) is 13.0. The third-order valence-corrected chi connectivity index (χ3v) is 9.95. The molecule has 6 aromatic rings. The SMILES string of the molecule is CC(C(=O)N1CCN(c2ccc(C(=O)NC3CCCCC3)cc2)CC1)(c1ccccc1)n1ncc2c1nc(N)n1nc(-c3ccco3)nc21. The van der Waals surface area contributed by atoms with Gasteiger partial charge in [0.05, 0.1) is 17.8 Å². The minimum absolute atomic E-state index is 0.0147. The van der Waals surface area contributed by atoms with Crippen molar-refractivity contribution in [3.63, 3.8) is 0 Å². The van der Waals surface area contributed by atoms with E-state index in [4.69, 9.17) is 15.2 Å². The van der Waals surface area contributed by atoms with E-state index in [-0.39, 0.29) is 23.8 Å². The molecule has 0 spiro atoms. The number of carbonyl (C=O) groups excluding carboxylic acids is 2. The lowest BCUT2D eigenvalue weighted by atomic mass is 9.90. The number of rotatable bonds is 7. The van der Waals surface area contributed by atoms with Gasteiger partial charge in [-0.25, -0.2) is 9.67 Å². The van der Waals surface area contributed by atoms with Crippen molar-refractivity contribution in [2.24, 2.45) is 0 Å². The summed E-state index contributed by atoms with van der Waals surface area (Å²) in [6.45, 7) is 4.19. The number of nitrogens with zero attached hydrogens (tertiary/aromatic N) is 8. The first-order valence-electron chi connectivity index (χ1n) is 16.9. The molecule has 2 aromatic carbocycles. The normalized spacial score (nSPS) is 17.0. The number of carbonyl (C=O) groups is 2. The molecule has 49 heavy (non-hydrogen) atoms. The van der Waals surface area contributed by atoms with Crippen LogP contribution < -0.4 is 16.0 Å². The average molecular weight is 659 g/mol. The quantitative estimate of drug-likeness (QED) is 0.253. The summed E-state index contributed by atoms with van der Waals surface area (Å²) < 4.78 is 8.62. The van der Waals surface area contributed by atoms with Crippen LogP contribution in [0.2, 0.25) is 0 Å². The van der Waals surface area contributed by atoms with Crippen molar-refractivity contribution in [1.29, 1.82) is 0 Å². The Bertz CT molecular complexity index is 2110. The van der Waals surface area contributed by atoms with Crippen molar-refractivity contribution in [3.05, 3.63) is 90.3 Å². The van der Waals surface area contributed by atoms with Gasteiger partial charge in [0.15, 0.2) is 22.6 Å². The Hall–Kier alpha value is -5.72. The minimum atomic E-state index is -1.24. The Morgan fingerprint density at radius 2 is 1.65 bits per heavy atom. The van der Waals surface area contributed by atoms with Gasteiger partial charge in [0.25, 0.3) is 11.8 Å². The predicted octanol–water partition coefficient (Wildman–Crippen LogP) is 4.49. The lowest BCUT2D eigenvalue weighted by Gasteiger charge is -2.40. The number of furan rings is 1. The number of anilines is 2. The molecule has 1 saturated carbocycles. The van der Waals surface area contributed by atoms with Crippen LogP contribution in [0, 0.1) is 0 Å². The summed E-state index contributed by atoms with van der Waals surface area (Å²) in [4.78, 5) is 41.0. The molecule has 1 atom stereocenters. The Balaban J connectivity index is 1.04. The van der Waals surface area contributed by atoms with E-state index in [0.717, 1.165) is 24.1 Å². The number of amides is 2.